The van der Waals surface area contributed by atoms with E-state index in [0.717, 1.165) is 0 Å². The van der Waals surface area contributed by atoms with Crippen LogP contribution in [0.4, 0.5) is 0 Å². The topological polar surface area (TPSA) is 80.1 Å². The van der Waals surface area contributed by atoms with Crippen molar-refractivity contribution in [3.05, 3.63) is 60.6 Å². The maximum Gasteiger partial charge on any atom is 0.226 e. The normalized spacial score (nSPS) is 12.2. The minimum absolute atomic E-state index is 0.0118. The second-order valence-corrected chi connectivity index (χ2v) is 6.91. The Morgan fingerprint density at radius 3 is 2.82 bits per heavy atom. The van der Waals surface area contributed by atoms with Gasteiger partial charge in [-0.2, -0.15) is 0 Å². The van der Waals surface area contributed by atoms with E-state index < -0.39 is 9.84 Å². The number of hydrogen-bond acceptors (Lipinski definition) is 4. The third-order valence-corrected chi connectivity index (χ3v) is 4.98. The first-order valence-corrected chi connectivity index (χ1v) is 8.37. The van der Waals surface area contributed by atoms with E-state index in [0.29, 0.717) is 22.2 Å². The molecule has 0 unspecified atom stereocenters. The molecule has 1 aromatic carbocycles. The lowest BCUT2D eigenvalue weighted by Crippen LogP contribution is -2.08. The van der Waals surface area contributed by atoms with Crippen molar-refractivity contribution in [1.29, 1.82) is 0 Å². The Labute approximate surface area is 126 Å². The molecular weight excluding hydrogens is 300 g/mol. The van der Waals surface area contributed by atoms with Gasteiger partial charge in [0.15, 0.2) is 0 Å². The molecule has 7 heteroatoms. The number of nitrogens with one attached hydrogen (secondary N) is 1. The number of para-hydroxylation sites is 2. The summed E-state index contributed by atoms with van der Waals surface area (Å²) < 4.78 is 27.0. The molecule has 110 valence electrons. The Bertz CT molecular complexity index is 1050. The zero-order chi connectivity index (χ0) is 15.2. The number of H-pyrrole nitrogens is 1. The third-order valence-electron chi connectivity index (χ3n) is 3.51. The Kier molecular flexibility index (Phi) is 2.77. The summed E-state index contributed by atoms with van der Waals surface area (Å²) in [5.74, 6) is -0.145. The summed E-state index contributed by atoms with van der Waals surface area (Å²) >= 11 is 0. The summed E-state index contributed by atoms with van der Waals surface area (Å²) in [6.07, 6.45) is 5.26. The van der Waals surface area contributed by atoms with Crippen LogP contribution in [0.15, 0.2) is 60.1 Å². The molecule has 4 rings (SSSR count). The number of sulfone groups is 1. The van der Waals surface area contributed by atoms with Gasteiger partial charge in [0.2, 0.25) is 15.0 Å². The summed E-state index contributed by atoms with van der Waals surface area (Å²) in [4.78, 5) is 11.3. The molecule has 0 saturated carbocycles. The van der Waals surface area contributed by atoms with E-state index in [1.807, 2.05) is 18.3 Å². The van der Waals surface area contributed by atoms with Crippen LogP contribution in [0.5, 0.6) is 0 Å². The van der Waals surface area contributed by atoms with Crippen molar-refractivity contribution in [2.45, 2.75) is 10.9 Å². The van der Waals surface area contributed by atoms with Crippen LogP contribution in [-0.2, 0) is 15.6 Å². The quantitative estimate of drug-likeness (QED) is 0.629. The Hall–Kier alpha value is -2.67. The molecular formula is C15H12N4O2S. The number of nitrogens with zero attached hydrogens (tertiary/aromatic N) is 3. The highest BCUT2D eigenvalue weighted by molar-refractivity contribution is 7.90. The van der Waals surface area contributed by atoms with Crippen LogP contribution in [-0.4, -0.2) is 27.8 Å². The second kappa shape index (κ2) is 4.67. The van der Waals surface area contributed by atoms with E-state index in [1.54, 1.807) is 41.1 Å². The molecule has 0 amide bonds. The number of imidazole rings is 2. The first kappa shape index (κ1) is 13.0. The fourth-order valence-electron chi connectivity index (χ4n) is 2.47. The number of rotatable bonds is 3. The zero-order valence-electron chi connectivity index (χ0n) is 11.5. The molecule has 0 spiro atoms. The molecule has 0 aliphatic carbocycles. The summed E-state index contributed by atoms with van der Waals surface area (Å²) in [6.45, 7) is 0. The molecule has 0 saturated heterocycles. The molecule has 3 aromatic heterocycles. The first-order valence-electron chi connectivity index (χ1n) is 6.71. The fourth-order valence-corrected chi connectivity index (χ4v) is 3.75. The van der Waals surface area contributed by atoms with Crippen molar-refractivity contribution in [3.8, 4) is 0 Å². The fraction of sp³-hybridized carbons (Fsp3) is 0.0667. The number of aromatic amines is 1. The summed E-state index contributed by atoms with van der Waals surface area (Å²) in [6, 6.07) is 10.8. The zero-order valence-corrected chi connectivity index (χ0v) is 12.3. The lowest BCUT2D eigenvalue weighted by atomic mass is 10.3. The van der Waals surface area contributed by atoms with Crippen LogP contribution >= 0.6 is 0 Å². The van der Waals surface area contributed by atoms with Crippen molar-refractivity contribution >= 4 is 26.5 Å². The molecule has 0 bridgehead atoms. The molecule has 3 heterocycles. The first-order chi connectivity index (χ1) is 10.6. The van der Waals surface area contributed by atoms with E-state index in [1.165, 1.54) is 0 Å². The molecule has 1 N–H and O–H groups in total. The van der Waals surface area contributed by atoms with Crippen molar-refractivity contribution < 1.29 is 8.42 Å². The molecule has 0 fully saturated rings. The molecule has 22 heavy (non-hydrogen) atoms. The standard InChI is InChI=1S/C15H12N4O2S/c20-22(21,15-17-12-5-1-2-6-13(12)18-15)10-11-4-3-8-19-9-7-16-14(11)19/h1-9H,10H2,(H,17,18). The average Bonchev–Trinajstić information content (AvgIpc) is 3.14. The maximum absolute atomic E-state index is 12.6. The Morgan fingerprint density at radius 1 is 1.09 bits per heavy atom. The number of hydrogen-bond donors (Lipinski definition) is 1. The summed E-state index contributed by atoms with van der Waals surface area (Å²) in [5.41, 5.74) is 2.63. The SMILES string of the molecule is O=S(=O)(Cc1cccn2ccnc12)c1nc2ccccc2[nH]1. The van der Waals surface area contributed by atoms with Crippen LogP contribution < -0.4 is 0 Å². The van der Waals surface area contributed by atoms with E-state index in [4.69, 9.17) is 0 Å². The smallest absolute Gasteiger partial charge is 0.226 e. The van der Waals surface area contributed by atoms with Gasteiger partial charge in [0.05, 0.1) is 16.8 Å². The highest BCUT2D eigenvalue weighted by Crippen LogP contribution is 2.19. The lowest BCUT2D eigenvalue weighted by molar-refractivity contribution is 0.588. The molecule has 0 aliphatic rings. The van der Waals surface area contributed by atoms with Gasteiger partial charge in [-0.25, -0.2) is 18.4 Å². The number of aromatic nitrogens is 4. The van der Waals surface area contributed by atoms with Crippen LogP contribution in [0, 0.1) is 0 Å². The minimum Gasteiger partial charge on any atom is -0.329 e. The lowest BCUT2D eigenvalue weighted by Gasteiger charge is -2.03. The maximum atomic E-state index is 12.6. The van der Waals surface area contributed by atoms with Gasteiger partial charge in [-0.15, -0.1) is 0 Å². The van der Waals surface area contributed by atoms with Gasteiger partial charge in [0.1, 0.15) is 5.65 Å². The van der Waals surface area contributed by atoms with Gasteiger partial charge in [0, 0.05) is 24.2 Å². The van der Waals surface area contributed by atoms with Crippen molar-refractivity contribution in [1.82, 2.24) is 19.4 Å². The molecule has 0 radical (unpaired) electrons. The van der Waals surface area contributed by atoms with E-state index in [9.17, 15) is 8.42 Å². The van der Waals surface area contributed by atoms with E-state index >= 15 is 0 Å². The van der Waals surface area contributed by atoms with Crippen molar-refractivity contribution in [3.63, 3.8) is 0 Å². The van der Waals surface area contributed by atoms with Gasteiger partial charge >= 0.3 is 0 Å². The second-order valence-electron chi connectivity index (χ2n) is 5.01. The Balaban J connectivity index is 1.79. The predicted molar refractivity (Wildman–Crippen MR) is 82.2 cm³/mol. The molecule has 0 atom stereocenters. The molecule has 0 aliphatic heterocycles. The van der Waals surface area contributed by atoms with Crippen LogP contribution in [0.3, 0.4) is 0 Å². The van der Waals surface area contributed by atoms with Gasteiger partial charge in [-0.1, -0.05) is 18.2 Å². The van der Waals surface area contributed by atoms with E-state index in [-0.39, 0.29) is 10.9 Å². The van der Waals surface area contributed by atoms with Gasteiger partial charge in [-0.05, 0) is 18.2 Å². The third kappa shape index (κ3) is 2.06. The van der Waals surface area contributed by atoms with Gasteiger partial charge < -0.3 is 9.38 Å². The van der Waals surface area contributed by atoms with Gasteiger partial charge in [-0.3, -0.25) is 0 Å². The number of pyridine rings is 1. The van der Waals surface area contributed by atoms with Crippen molar-refractivity contribution in [2.24, 2.45) is 0 Å². The predicted octanol–water partition coefficient (Wildman–Crippen LogP) is 2.18. The van der Waals surface area contributed by atoms with Crippen molar-refractivity contribution in [2.75, 3.05) is 0 Å². The molecule has 4 aromatic rings. The highest BCUT2D eigenvalue weighted by atomic mass is 32.2. The van der Waals surface area contributed by atoms with E-state index in [2.05, 4.69) is 15.0 Å². The summed E-state index contributed by atoms with van der Waals surface area (Å²) in [5, 5.41) is -0.0118. The van der Waals surface area contributed by atoms with Gasteiger partial charge in [0.25, 0.3) is 0 Å². The number of benzene rings is 1. The Morgan fingerprint density at radius 2 is 1.95 bits per heavy atom. The monoisotopic (exact) mass is 312 g/mol. The largest absolute Gasteiger partial charge is 0.329 e. The highest BCUT2D eigenvalue weighted by Gasteiger charge is 2.21. The van der Waals surface area contributed by atoms with Crippen LogP contribution in [0.2, 0.25) is 0 Å². The molecule has 6 nitrogen and oxygen atoms in total. The van der Waals surface area contributed by atoms with Crippen LogP contribution in [0.25, 0.3) is 16.7 Å². The summed E-state index contributed by atoms with van der Waals surface area (Å²) in [7, 11) is -3.56. The minimum atomic E-state index is -3.56. The number of fused-ring (bicyclic) bond motifs is 2. The average molecular weight is 312 g/mol. The van der Waals surface area contributed by atoms with Crippen LogP contribution in [0.1, 0.15) is 5.56 Å².